The number of carbonyl (C=O) groups excluding carboxylic acids is 1. The standard InChI is InChI=1S/C8H7N3O2S/c1-13-10-8(12)5-3-2-4-6-7(5)14-11-9-6/h2-4H,1H3,(H,10,12). The van der Waals surface area contributed by atoms with Gasteiger partial charge in [0.2, 0.25) is 0 Å². The van der Waals surface area contributed by atoms with E-state index in [1.165, 1.54) is 18.6 Å². The zero-order chi connectivity index (χ0) is 9.97. The Kier molecular flexibility index (Phi) is 2.38. The monoisotopic (exact) mass is 209 g/mol. The fraction of sp³-hybridized carbons (Fsp3) is 0.125. The van der Waals surface area contributed by atoms with E-state index in [-0.39, 0.29) is 5.91 Å². The van der Waals surface area contributed by atoms with Gasteiger partial charge in [0.25, 0.3) is 5.91 Å². The molecule has 5 nitrogen and oxygen atoms in total. The molecule has 1 N–H and O–H groups in total. The molecule has 1 aromatic carbocycles. The molecular formula is C8H7N3O2S. The number of hydrogen-bond acceptors (Lipinski definition) is 5. The number of carbonyl (C=O) groups is 1. The van der Waals surface area contributed by atoms with Crippen LogP contribution in [-0.2, 0) is 4.84 Å². The molecule has 1 heterocycles. The third kappa shape index (κ3) is 1.45. The summed E-state index contributed by atoms with van der Waals surface area (Å²) in [6.45, 7) is 0. The van der Waals surface area contributed by atoms with E-state index in [1.54, 1.807) is 12.1 Å². The molecule has 0 spiro atoms. The summed E-state index contributed by atoms with van der Waals surface area (Å²) in [5, 5.41) is 3.87. The zero-order valence-electron chi connectivity index (χ0n) is 7.35. The lowest BCUT2D eigenvalue weighted by atomic mass is 10.2. The van der Waals surface area contributed by atoms with Crippen molar-refractivity contribution in [2.45, 2.75) is 0 Å². The number of benzene rings is 1. The highest BCUT2D eigenvalue weighted by Gasteiger charge is 2.11. The van der Waals surface area contributed by atoms with Crippen LogP contribution in [0.1, 0.15) is 10.4 Å². The van der Waals surface area contributed by atoms with Gasteiger partial charge >= 0.3 is 0 Å². The van der Waals surface area contributed by atoms with Crippen LogP contribution in [0.5, 0.6) is 0 Å². The van der Waals surface area contributed by atoms with E-state index in [0.29, 0.717) is 5.56 Å². The molecular weight excluding hydrogens is 202 g/mol. The van der Waals surface area contributed by atoms with Crippen LogP contribution in [0.3, 0.4) is 0 Å². The van der Waals surface area contributed by atoms with Gasteiger partial charge in [0.1, 0.15) is 5.52 Å². The third-order valence-corrected chi connectivity index (χ3v) is 2.49. The van der Waals surface area contributed by atoms with E-state index in [4.69, 9.17) is 0 Å². The Hall–Kier alpha value is -1.53. The molecule has 72 valence electrons. The SMILES string of the molecule is CONC(=O)c1cccc2nnsc12. The molecule has 1 amide bonds. The molecule has 0 aliphatic carbocycles. The molecule has 0 aliphatic rings. The summed E-state index contributed by atoms with van der Waals surface area (Å²) in [6, 6.07) is 5.27. The molecule has 1 aromatic heterocycles. The quantitative estimate of drug-likeness (QED) is 0.749. The summed E-state index contributed by atoms with van der Waals surface area (Å²) >= 11 is 1.19. The highest BCUT2D eigenvalue weighted by atomic mass is 32.1. The normalized spacial score (nSPS) is 10.4. The summed E-state index contributed by atoms with van der Waals surface area (Å²) < 4.78 is 4.54. The van der Waals surface area contributed by atoms with Crippen molar-refractivity contribution in [1.29, 1.82) is 0 Å². The maximum atomic E-state index is 11.5. The van der Waals surface area contributed by atoms with Crippen molar-refractivity contribution in [3.8, 4) is 0 Å². The maximum Gasteiger partial charge on any atom is 0.276 e. The van der Waals surface area contributed by atoms with Crippen LogP contribution in [0.15, 0.2) is 18.2 Å². The van der Waals surface area contributed by atoms with Crippen molar-refractivity contribution in [2.24, 2.45) is 0 Å². The first-order valence-electron chi connectivity index (χ1n) is 3.87. The summed E-state index contributed by atoms with van der Waals surface area (Å²) in [6.07, 6.45) is 0. The van der Waals surface area contributed by atoms with Crippen molar-refractivity contribution < 1.29 is 9.63 Å². The van der Waals surface area contributed by atoms with Gasteiger partial charge in [-0.15, -0.1) is 5.10 Å². The minimum Gasteiger partial charge on any atom is -0.277 e. The average molecular weight is 209 g/mol. The topological polar surface area (TPSA) is 64.1 Å². The predicted molar refractivity (Wildman–Crippen MR) is 51.9 cm³/mol. The second-order valence-electron chi connectivity index (χ2n) is 2.56. The molecule has 0 aliphatic heterocycles. The molecule has 0 atom stereocenters. The Morgan fingerprint density at radius 2 is 2.43 bits per heavy atom. The highest BCUT2D eigenvalue weighted by Crippen LogP contribution is 2.19. The Labute approximate surface area is 83.8 Å². The van der Waals surface area contributed by atoms with Gasteiger partial charge in [0.05, 0.1) is 17.4 Å². The van der Waals surface area contributed by atoms with Gasteiger partial charge in [-0.2, -0.15) is 0 Å². The van der Waals surface area contributed by atoms with Crippen LogP contribution < -0.4 is 5.48 Å². The summed E-state index contributed by atoms with van der Waals surface area (Å²) in [5.74, 6) is -0.288. The van der Waals surface area contributed by atoms with Gasteiger partial charge in [0.15, 0.2) is 0 Å². The van der Waals surface area contributed by atoms with Crippen molar-refractivity contribution in [3.63, 3.8) is 0 Å². The average Bonchev–Trinajstić information content (AvgIpc) is 2.65. The Balaban J connectivity index is 2.50. The van der Waals surface area contributed by atoms with E-state index in [2.05, 4.69) is 19.9 Å². The molecule has 2 aromatic rings. The number of aromatic nitrogens is 2. The largest absolute Gasteiger partial charge is 0.277 e. The highest BCUT2D eigenvalue weighted by molar-refractivity contribution is 7.13. The van der Waals surface area contributed by atoms with Gasteiger partial charge in [-0.1, -0.05) is 10.6 Å². The number of rotatable bonds is 2. The first-order chi connectivity index (χ1) is 6.83. The fourth-order valence-corrected chi connectivity index (χ4v) is 1.80. The molecule has 0 unspecified atom stereocenters. The van der Waals surface area contributed by atoms with Crippen molar-refractivity contribution in [1.82, 2.24) is 15.1 Å². The molecule has 6 heteroatoms. The van der Waals surface area contributed by atoms with Gasteiger partial charge in [0, 0.05) is 0 Å². The molecule has 2 rings (SSSR count). The molecule has 0 bridgehead atoms. The van der Waals surface area contributed by atoms with E-state index >= 15 is 0 Å². The Bertz CT molecular complexity index is 468. The van der Waals surface area contributed by atoms with Crippen LogP contribution in [0.25, 0.3) is 10.2 Å². The van der Waals surface area contributed by atoms with Crippen LogP contribution in [0.2, 0.25) is 0 Å². The van der Waals surface area contributed by atoms with Crippen molar-refractivity contribution >= 4 is 27.7 Å². The van der Waals surface area contributed by atoms with E-state index in [0.717, 1.165) is 10.2 Å². The molecule has 0 fully saturated rings. The van der Waals surface area contributed by atoms with Gasteiger partial charge < -0.3 is 0 Å². The second-order valence-corrected chi connectivity index (χ2v) is 3.32. The van der Waals surface area contributed by atoms with Gasteiger partial charge in [-0.05, 0) is 23.7 Å². The first-order valence-corrected chi connectivity index (χ1v) is 4.64. The van der Waals surface area contributed by atoms with Crippen LogP contribution in [0.4, 0.5) is 0 Å². The lowest BCUT2D eigenvalue weighted by Crippen LogP contribution is -2.21. The number of fused-ring (bicyclic) bond motifs is 1. The molecule has 14 heavy (non-hydrogen) atoms. The minimum atomic E-state index is -0.288. The van der Waals surface area contributed by atoms with Crippen molar-refractivity contribution in [3.05, 3.63) is 23.8 Å². The van der Waals surface area contributed by atoms with Crippen molar-refractivity contribution in [2.75, 3.05) is 7.11 Å². The first kappa shape index (κ1) is 9.04. The smallest absolute Gasteiger partial charge is 0.276 e. The Morgan fingerprint density at radius 3 is 3.21 bits per heavy atom. The summed E-state index contributed by atoms with van der Waals surface area (Å²) in [7, 11) is 1.39. The summed E-state index contributed by atoms with van der Waals surface area (Å²) in [5.41, 5.74) is 3.50. The van der Waals surface area contributed by atoms with Gasteiger partial charge in [-0.25, -0.2) is 5.48 Å². The van der Waals surface area contributed by atoms with E-state index < -0.39 is 0 Å². The Morgan fingerprint density at radius 1 is 1.57 bits per heavy atom. The number of hydroxylamine groups is 1. The van der Waals surface area contributed by atoms with E-state index in [1.807, 2.05) is 6.07 Å². The molecule has 0 saturated carbocycles. The predicted octanol–water partition coefficient (Wildman–Crippen LogP) is 0.982. The number of amides is 1. The number of nitrogens with one attached hydrogen (secondary N) is 1. The zero-order valence-corrected chi connectivity index (χ0v) is 8.17. The maximum absolute atomic E-state index is 11.5. The lowest BCUT2D eigenvalue weighted by molar-refractivity contribution is 0.0539. The molecule has 0 radical (unpaired) electrons. The summed E-state index contributed by atoms with van der Waals surface area (Å²) in [4.78, 5) is 16.0. The van der Waals surface area contributed by atoms with Crippen LogP contribution in [-0.4, -0.2) is 22.6 Å². The lowest BCUT2D eigenvalue weighted by Gasteiger charge is -2.01. The van der Waals surface area contributed by atoms with E-state index in [9.17, 15) is 4.79 Å². The van der Waals surface area contributed by atoms with Gasteiger partial charge in [-0.3, -0.25) is 9.63 Å². The van der Waals surface area contributed by atoms with Crippen LogP contribution in [0, 0.1) is 0 Å². The molecule has 0 saturated heterocycles. The number of hydrogen-bond donors (Lipinski definition) is 1. The second kappa shape index (κ2) is 3.69. The third-order valence-electron chi connectivity index (χ3n) is 1.71. The minimum absolute atomic E-state index is 0.288. The number of nitrogens with zero attached hydrogens (tertiary/aromatic N) is 2. The fourth-order valence-electron chi connectivity index (χ4n) is 1.13. The van der Waals surface area contributed by atoms with Crippen LogP contribution >= 0.6 is 11.5 Å².